The Morgan fingerprint density at radius 3 is 2.44 bits per heavy atom. The number of anilines is 1. The number of benzene rings is 2. The van der Waals surface area contributed by atoms with Crippen molar-refractivity contribution in [2.45, 2.75) is 40.3 Å². The van der Waals surface area contributed by atoms with Crippen LogP contribution >= 0.6 is 0 Å². The maximum Gasteiger partial charge on any atom is 0.132 e. The van der Waals surface area contributed by atoms with E-state index in [2.05, 4.69) is 31.8 Å². The van der Waals surface area contributed by atoms with Gasteiger partial charge in [0.05, 0.1) is 0 Å². The number of halogens is 2. The monoisotopic (exact) mass is 341 g/mol. The molecule has 0 unspecified atom stereocenters. The summed E-state index contributed by atoms with van der Waals surface area (Å²) < 4.78 is 28.1. The van der Waals surface area contributed by atoms with Crippen LogP contribution in [0.15, 0.2) is 54.8 Å². The van der Waals surface area contributed by atoms with Gasteiger partial charge in [0.25, 0.3) is 0 Å². The topological polar surface area (TPSA) is 12.0 Å². The molecule has 0 aromatic heterocycles. The minimum Gasteiger partial charge on any atom is -0.355 e. The van der Waals surface area contributed by atoms with Crippen molar-refractivity contribution in [3.05, 3.63) is 82.8 Å². The van der Waals surface area contributed by atoms with Crippen molar-refractivity contribution in [3.8, 4) is 0 Å². The van der Waals surface area contributed by atoms with Crippen molar-refractivity contribution < 1.29 is 8.78 Å². The van der Waals surface area contributed by atoms with Crippen molar-refractivity contribution in [2.24, 2.45) is 0 Å². The summed E-state index contributed by atoms with van der Waals surface area (Å²) in [5.41, 5.74) is 4.14. The predicted molar refractivity (Wildman–Crippen MR) is 103 cm³/mol. The quantitative estimate of drug-likeness (QED) is 0.598. The van der Waals surface area contributed by atoms with Crippen LogP contribution in [0.25, 0.3) is 5.57 Å². The maximum atomic E-state index is 14.5. The van der Waals surface area contributed by atoms with Gasteiger partial charge in [-0.2, -0.15) is 0 Å². The van der Waals surface area contributed by atoms with Gasteiger partial charge in [0.15, 0.2) is 0 Å². The van der Waals surface area contributed by atoms with Gasteiger partial charge in [-0.15, -0.1) is 0 Å². The highest BCUT2D eigenvalue weighted by Gasteiger charge is 2.24. The molecule has 0 bridgehead atoms. The molecule has 132 valence electrons. The van der Waals surface area contributed by atoms with E-state index in [0.29, 0.717) is 11.4 Å². The Hall–Kier alpha value is -2.42. The molecular formula is C22H25F2N. The normalized spacial score (nSPS) is 12.2. The number of hydrogen-bond acceptors (Lipinski definition) is 1. The number of hydrogen-bond donors (Lipinski definition) is 1. The van der Waals surface area contributed by atoms with Gasteiger partial charge in [-0.1, -0.05) is 30.9 Å². The van der Waals surface area contributed by atoms with Crippen LogP contribution in [0.3, 0.4) is 0 Å². The zero-order valence-corrected chi connectivity index (χ0v) is 15.5. The molecule has 3 heteroatoms. The minimum absolute atomic E-state index is 0.269. The molecule has 25 heavy (non-hydrogen) atoms. The molecule has 0 aliphatic heterocycles. The van der Waals surface area contributed by atoms with E-state index in [9.17, 15) is 8.78 Å². The zero-order valence-electron chi connectivity index (χ0n) is 15.5. The Bertz CT molecular complexity index is 826. The van der Waals surface area contributed by atoms with E-state index < -0.39 is 11.5 Å². The van der Waals surface area contributed by atoms with E-state index in [-0.39, 0.29) is 5.56 Å². The molecule has 0 atom stereocenters. The van der Waals surface area contributed by atoms with Crippen LogP contribution in [0.4, 0.5) is 14.5 Å². The standard InChI is InChI=1S/C22H25F2N/c1-7-18(19-10-8-9-14(2)15(19)3)16(4)25-21-12-11-17(23)13-20(21)22(5,6)24/h7-13,25H,4H2,1-3,5-6H3/b18-7-. The molecule has 0 amide bonds. The summed E-state index contributed by atoms with van der Waals surface area (Å²) in [4.78, 5) is 0. The Morgan fingerprint density at radius 2 is 1.84 bits per heavy atom. The molecule has 0 saturated carbocycles. The van der Waals surface area contributed by atoms with E-state index in [1.807, 2.05) is 25.1 Å². The molecule has 0 aliphatic carbocycles. The number of allylic oxidation sites excluding steroid dienone is 2. The fourth-order valence-corrected chi connectivity index (χ4v) is 2.88. The van der Waals surface area contributed by atoms with Crippen LogP contribution in [0, 0.1) is 19.7 Å². The summed E-state index contributed by atoms with van der Waals surface area (Å²) in [7, 11) is 0. The van der Waals surface area contributed by atoms with Gasteiger partial charge in [-0.25, -0.2) is 8.78 Å². The van der Waals surface area contributed by atoms with Crippen molar-refractivity contribution in [3.63, 3.8) is 0 Å². The first-order valence-corrected chi connectivity index (χ1v) is 8.33. The van der Waals surface area contributed by atoms with Crippen molar-refractivity contribution >= 4 is 11.3 Å². The van der Waals surface area contributed by atoms with Crippen LogP contribution in [-0.2, 0) is 5.67 Å². The van der Waals surface area contributed by atoms with E-state index in [0.717, 1.165) is 11.1 Å². The Balaban J connectivity index is 2.41. The first-order chi connectivity index (χ1) is 11.6. The van der Waals surface area contributed by atoms with Gasteiger partial charge in [0, 0.05) is 22.5 Å². The van der Waals surface area contributed by atoms with Crippen molar-refractivity contribution in [1.82, 2.24) is 0 Å². The second kappa shape index (κ2) is 7.22. The Labute approximate surface area is 149 Å². The molecule has 0 aliphatic rings. The third kappa shape index (κ3) is 4.16. The summed E-state index contributed by atoms with van der Waals surface area (Å²) in [6.45, 7) is 13.0. The van der Waals surface area contributed by atoms with Gasteiger partial charge in [0.2, 0.25) is 0 Å². The lowest BCUT2D eigenvalue weighted by molar-refractivity contribution is 0.222. The lowest BCUT2D eigenvalue weighted by Crippen LogP contribution is -2.14. The highest BCUT2D eigenvalue weighted by molar-refractivity contribution is 5.84. The second-order valence-electron chi connectivity index (χ2n) is 6.72. The highest BCUT2D eigenvalue weighted by Crippen LogP contribution is 2.34. The van der Waals surface area contributed by atoms with Gasteiger partial charge in [-0.3, -0.25) is 0 Å². The fourth-order valence-electron chi connectivity index (χ4n) is 2.88. The molecule has 2 aromatic rings. The molecule has 0 radical (unpaired) electrons. The molecule has 2 rings (SSSR count). The largest absolute Gasteiger partial charge is 0.355 e. The summed E-state index contributed by atoms with van der Waals surface area (Å²) >= 11 is 0. The fraction of sp³-hybridized carbons (Fsp3) is 0.273. The number of rotatable bonds is 5. The zero-order chi connectivity index (χ0) is 18.8. The number of aryl methyl sites for hydroxylation is 1. The molecule has 0 heterocycles. The maximum absolute atomic E-state index is 14.5. The van der Waals surface area contributed by atoms with E-state index in [4.69, 9.17) is 0 Å². The third-order valence-corrected chi connectivity index (χ3v) is 4.42. The first-order valence-electron chi connectivity index (χ1n) is 8.33. The van der Waals surface area contributed by atoms with Gasteiger partial charge in [0.1, 0.15) is 11.5 Å². The van der Waals surface area contributed by atoms with Crippen molar-refractivity contribution in [2.75, 3.05) is 5.32 Å². The smallest absolute Gasteiger partial charge is 0.132 e. The predicted octanol–water partition coefficient (Wildman–Crippen LogP) is 6.68. The molecule has 0 spiro atoms. The van der Waals surface area contributed by atoms with Gasteiger partial charge in [-0.05, 0) is 69.5 Å². The molecular weight excluding hydrogens is 316 g/mol. The Morgan fingerprint density at radius 1 is 1.16 bits per heavy atom. The minimum atomic E-state index is -1.67. The van der Waals surface area contributed by atoms with Crippen LogP contribution in [0.5, 0.6) is 0 Å². The summed E-state index contributed by atoms with van der Waals surface area (Å²) in [6, 6.07) is 10.2. The van der Waals surface area contributed by atoms with Crippen molar-refractivity contribution in [1.29, 1.82) is 0 Å². The van der Waals surface area contributed by atoms with Crippen LogP contribution < -0.4 is 5.32 Å². The molecule has 1 nitrogen and oxygen atoms in total. The van der Waals surface area contributed by atoms with E-state index in [1.54, 1.807) is 6.07 Å². The second-order valence-corrected chi connectivity index (χ2v) is 6.72. The molecule has 0 saturated heterocycles. The molecule has 1 N–H and O–H groups in total. The lowest BCUT2D eigenvalue weighted by Gasteiger charge is -2.22. The van der Waals surface area contributed by atoms with E-state index in [1.165, 1.54) is 37.1 Å². The SMILES string of the molecule is C=C(Nc1ccc(F)cc1C(C)(C)F)/C(=C/C)c1cccc(C)c1C. The van der Waals surface area contributed by atoms with Gasteiger partial charge >= 0.3 is 0 Å². The van der Waals surface area contributed by atoms with Gasteiger partial charge < -0.3 is 5.32 Å². The van der Waals surface area contributed by atoms with Crippen LogP contribution in [0.1, 0.15) is 43.0 Å². The Kier molecular flexibility index (Phi) is 5.46. The highest BCUT2D eigenvalue weighted by atomic mass is 19.1. The third-order valence-electron chi connectivity index (χ3n) is 4.42. The summed E-state index contributed by atoms with van der Waals surface area (Å²) in [6.07, 6.45) is 1.97. The number of nitrogens with one attached hydrogen (secondary N) is 1. The summed E-state index contributed by atoms with van der Waals surface area (Å²) in [5, 5.41) is 3.17. The van der Waals surface area contributed by atoms with E-state index >= 15 is 0 Å². The lowest BCUT2D eigenvalue weighted by atomic mass is 9.94. The van der Waals surface area contributed by atoms with Crippen LogP contribution in [0.2, 0.25) is 0 Å². The average Bonchev–Trinajstić information content (AvgIpc) is 2.53. The molecule has 0 fully saturated rings. The molecule has 2 aromatic carbocycles. The van der Waals surface area contributed by atoms with Crippen LogP contribution in [-0.4, -0.2) is 0 Å². The average molecular weight is 341 g/mol. The first kappa shape index (κ1) is 18.9. The number of alkyl halides is 1. The summed E-state index contributed by atoms with van der Waals surface area (Å²) in [5.74, 6) is -0.460.